The molecule has 0 atom stereocenters. The lowest BCUT2D eigenvalue weighted by atomic mass is 10.1. The van der Waals surface area contributed by atoms with Crippen LogP contribution < -0.4 is 16.0 Å². The van der Waals surface area contributed by atoms with Gasteiger partial charge >= 0.3 is 0 Å². The fourth-order valence-electron chi connectivity index (χ4n) is 2.04. The maximum Gasteiger partial charge on any atom is 0.219 e. The van der Waals surface area contributed by atoms with Gasteiger partial charge in [0.2, 0.25) is 5.91 Å². The Labute approximate surface area is 116 Å². The van der Waals surface area contributed by atoms with Gasteiger partial charge in [0.25, 0.3) is 0 Å². The van der Waals surface area contributed by atoms with Crippen LogP contribution in [0.5, 0.6) is 0 Å². The molecule has 0 saturated carbocycles. The molecule has 1 aromatic rings. The van der Waals surface area contributed by atoms with Gasteiger partial charge in [0.1, 0.15) is 0 Å². The molecular formula is C15H25N3O. The van der Waals surface area contributed by atoms with Crippen LogP contribution in [0.3, 0.4) is 0 Å². The largest absolute Gasteiger partial charge is 0.372 e. The maximum atomic E-state index is 11.2. The van der Waals surface area contributed by atoms with Gasteiger partial charge < -0.3 is 16.0 Å². The number of rotatable bonds is 8. The number of anilines is 1. The van der Waals surface area contributed by atoms with E-state index in [-0.39, 0.29) is 5.91 Å². The van der Waals surface area contributed by atoms with Gasteiger partial charge in [0.05, 0.1) is 0 Å². The minimum absolute atomic E-state index is 0.106. The fraction of sp³-hybridized carbons (Fsp3) is 0.533. The van der Waals surface area contributed by atoms with E-state index in [0.717, 1.165) is 31.5 Å². The zero-order valence-corrected chi connectivity index (χ0v) is 12.0. The highest BCUT2D eigenvalue weighted by atomic mass is 16.1. The van der Waals surface area contributed by atoms with Gasteiger partial charge in [-0.05, 0) is 30.5 Å². The Morgan fingerprint density at radius 3 is 2.47 bits per heavy atom. The van der Waals surface area contributed by atoms with Crippen molar-refractivity contribution in [1.82, 2.24) is 5.32 Å². The van der Waals surface area contributed by atoms with E-state index in [1.54, 1.807) is 7.05 Å². The molecule has 106 valence electrons. The average molecular weight is 263 g/mol. The molecule has 4 heteroatoms. The Hall–Kier alpha value is -1.55. The smallest absolute Gasteiger partial charge is 0.219 e. The van der Waals surface area contributed by atoms with Crippen molar-refractivity contribution in [1.29, 1.82) is 0 Å². The second kappa shape index (κ2) is 8.53. The summed E-state index contributed by atoms with van der Waals surface area (Å²) in [6.45, 7) is 4.66. The van der Waals surface area contributed by atoms with Gasteiger partial charge in [0, 0.05) is 38.8 Å². The van der Waals surface area contributed by atoms with Crippen LogP contribution >= 0.6 is 0 Å². The van der Waals surface area contributed by atoms with Crippen molar-refractivity contribution in [3.63, 3.8) is 0 Å². The van der Waals surface area contributed by atoms with E-state index in [2.05, 4.69) is 41.4 Å². The van der Waals surface area contributed by atoms with E-state index in [4.69, 9.17) is 5.73 Å². The predicted octanol–water partition coefficient (Wildman–Crippen LogP) is 1.89. The second-order valence-electron chi connectivity index (χ2n) is 4.63. The van der Waals surface area contributed by atoms with Gasteiger partial charge in [0.15, 0.2) is 0 Å². The summed E-state index contributed by atoms with van der Waals surface area (Å²) in [6.07, 6.45) is 2.55. The molecule has 19 heavy (non-hydrogen) atoms. The molecule has 0 unspecified atom stereocenters. The molecule has 1 aromatic carbocycles. The van der Waals surface area contributed by atoms with Crippen LogP contribution in [-0.2, 0) is 11.3 Å². The molecule has 0 saturated heterocycles. The van der Waals surface area contributed by atoms with Crippen molar-refractivity contribution < 1.29 is 4.79 Å². The number of hydrogen-bond acceptors (Lipinski definition) is 3. The molecule has 1 rings (SSSR count). The highest BCUT2D eigenvalue weighted by molar-refractivity contribution is 5.75. The molecule has 0 bridgehead atoms. The van der Waals surface area contributed by atoms with Crippen LogP contribution in [0, 0.1) is 0 Å². The monoisotopic (exact) mass is 263 g/mol. The Bertz CT molecular complexity index is 375. The molecule has 0 aliphatic heterocycles. The first-order valence-corrected chi connectivity index (χ1v) is 6.95. The van der Waals surface area contributed by atoms with Gasteiger partial charge in [-0.25, -0.2) is 0 Å². The van der Waals surface area contributed by atoms with Crippen LogP contribution in [0.1, 0.15) is 31.7 Å². The summed E-state index contributed by atoms with van der Waals surface area (Å²) in [5.74, 6) is 0.106. The molecular weight excluding hydrogens is 238 g/mol. The van der Waals surface area contributed by atoms with E-state index < -0.39 is 0 Å². The van der Waals surface area contributed by atoms with Crippen molar-refractivity contribution in [3.8, 4) is 0 Å². The summed E-state index contributed by atoms with van der Waals surface area (Å²) in [7, 11) is 1.68. The zero-order chi connectivity index (χ0) is 14.1. The summed E-state index contributed by atoms with van der Waals surface area (Å²) < 4.78 is 0. The van der Waals surface area contributed by atoms with Gasteiger partial charge in [-0.3, -0.25) is 4.79 Å². The minimum atomic E-state index is 0.106. The van der Waals surface area contributed by atoms with Gasteiger partial charge in [-0.15, -0.1) is 0 Å². The minimum Gasteiger partial charge on any atom is -0.372 e. The van der Waals surface area contributed by atoms with Crippen LogP contribution in [-0.4, -0.2) is 26.0 Å². The quantitative estimate of drug-likeness (QED) is 0.753. The standard InChI is InChI=1S/C15H25N3O/c1-3-10-18(11-4-5-15(19)17-2)14-8-6-13(12-16)7-9-14/h6-9H,3-5,10-12,16H2,1-2H3,(H,17,19). The first kappa shape index (κ1) is 15.5. The average Bonchev–Trinajstić information content (AvgIpc) is 2.46. The molecule has 4 nitrogen and oxygen atoms in total. The second-order valence-corrected chi connectivity index (χ2v) is 4.63. The Morgan fingerprint density at radius 1 is 1.26 bits per heavy atom. The van der Waals surface area contributed by atoms with Crippen molar-refractivity contribution in [2.45, 2.75) is 32.7 Å². The maximum absolute atomic E-state index is 11.2. The third-order valence-corrected chi connectivity index (χ3v) is 3.14. The number of nitrogens with one attached hydrogen (secondary N) is 1. The number of carbonyl (C=O) groups is 1. The highest BCUT2D eigenvalue weighted by Crippen LogP contribution is 2.16. The third-order valence-electron chi connectivity index (χ3n) is 3.14. The normalized spacial score (nSPS) is 10.3. The van der Waals surface area contributed by atoms with Crippen molar-refractivity contribution in [3.05, 3.63) is 29.8 Å². The molecule has 0 heterocycles. The van der Waals surface area contributed by atoms with Crippen molar-refractivity contribution in [2.75, 3.05) is 25.0 Å². The summed E-state index contributed by atoms with van der Waals surface area (Å²) in [6, 6.07) is 8.35. The van der Waals surface area contributed by atoms with E-state index in [0.29, 0.717) is 13.0 Å². The lowest BCUT2D eigenvalue weighted by molar-refractivity contribution is -0.120. The molecule has 1 amide bonds. The number of nitrogens with two attached hydrogens (primary N) is 1. The van der Waals surface area contributed by atoms with Gasteiger partial charge in [-0.1, -0.05) is 19.1 Å². The van der Waals surface area contributed by atoms with Gasteiger partial charge in [-0.2, -0.15) is 0 Å². The topological polar surface area (TPSA) is 58.4 Å². The van der Waals surface area contributed by atoms with E-state index >= 15 is 0 Å². The molecule has 0 radical (unpaired) electrons. The molecule has 0 fully saturated rings. The van der Waals surface area contributed by atoms with Crippen LogP contribution in [0.25, 0.3) is 0 Å². The van der Waals surface area contributed by atoms with Crippen LogP contribution in [0.2, 0.25) is 0 Å². The molecule has 0 aliphatic rings. The highest BCUT2D eigenvalue weighted by Gasteiger charge is 2.06. The Kier molecular flexibility index (Phi) is 6.97. The molecule has 0 spiro atoms. The Morgan fingerprint density at radius 2 is 1.95 bits per heavy atom. The lowest BCUT2D eigenvalue weighted by Crippen LogP contribution is -2.27. The third kappa shape index (κ3) is 5.30. The predicted molar refractivity (Wildman–Crippen MR) is 80.1 cm³/mol. The zero-order valence-electron chi connectivity index (χ0n) is 12.0. The van der Waals surface area contributed by atoms with E-state index in [9.17, 15) is 4.79 Å². The van der Waals surface area contributed by atoms with Crippen LogP contribution in [0.4, 0.5) is 5.69 Å². The van der Waals surface area contributed by atoms with E-state index in [1.807, 2.05) is 0 Å². The summed E-state index contributed by atoms with van der Waals surface area (Å²) in [5, 5.41) is 2.65. The number of carbonyl (C=O) groups excluding carboxylic acids is 1. The first-order valence-electron chi connectivity index (χ1n) is 6.95. The van der Waals surface area contributed by atoms with E-state index in [1.165, 1.54) is 5.69 Å². The van der Waals surface area contributed by atoms with Crippen molar-refractivity contribution >= 4 is 11.6 Å². The number of benzene rings is 1. The Balaban J connectivity index is 2.57. The summed E-state index contributed by atoms with van der Waals surface area (Å²) >= 11 is 0. The number of hydrogen-bond donors (Lipinski definition) is 2. The van der Waals surface area contributed by atoms with Crippen molar-refractivity contribution in [2.24, 2.45) is 5.73 Å². The number of amides is 1. The summed E-state index contributed by atoms with van der Waals surface area (Å²) in [5.41, 5.74) is 7.95. The molecule has 3 N–H and O–H groups in total. The lowest BCUT2D eigenvalue weighted by Gasteiger charge is -2.24. The molecule has 0 aromatic heterocycles. The first-order chi connectivity index (χ1) is 9.21. The SMILES string of the molecule is CCCN(CCCC(=O)NC)c1ccc(CN)cc1. The summed E-state index contributed by atoms with van der Waals surface area (Å²) in [4.78, 5) is 13.6. The van der Waals surface area contributed by atoms with Crippen LogP contribution in [0.15, 0.2) is 24.3 Å². The number of nitrogens with zero attached hydrogens (tertiary/aromatic N) is 1. The fourth-order valence-corrected chi connectivity index (χ4v) is 2.04. The molecule has 0 aliphatic carbocycles.